The third kappa shape index (κ3) is 12.5. The Kier molecular flexibility index (Phi) is 16.0. The number of allylic oxidation sites excluding steroid dienone is 8. The van der Waals surface area contributed by atoms with Crippen molar-refractivity contribution in [1.82, 2.24) is 0 Å². The third-order valence-electron chi connectivity index (χ3n) is 8.87. The second-order valence-corrected chi connectivity index (χ2v) is 67.2. The molecular weight excluding hydrogens is 749 g/mol. The maximum absolute atomic E-state index is 2.66. The van der Waals surface area contributed by atoms with Crippen LogP contribution in [-0.2, 0) is 24.0 Å². The maximum atomic E-state index is 2.66. The van der Waals surface area contributed by atoms with Gasteiger partial charge in [0, 0.05) is 0 Å². The zero-order valence-electron chi connectivity index (χ0n) is 35.2. The van der Waals surface area contributed by atoms with Crippen LogP contribution in [0.3, 0.4) is 0 Å². The van der Waals surface area contributed by atoms with Crippen LogP contribution in [0.1, 0.15) is 95.9 Å². The van der Waals surface area contributed by atoms with E-state index in [4.69, 9.17) is 0 Å². The van der Waals surface area contributed by atoms with Crippen LogP contribution in [0.4, 0.5) is 0 Å². The van der Waals surface area contributed by atoms with Gasteiger partial charge in [0.1, 0.15) is 0 Å². The molecule has 0 aromatic heterocycles. The topological polar surface area (TPSA) is 0 Å². The minimum Gasteiger partial charge on any atom is -1.00 e. The van der Waals surface area contributed by atoms with Gasteiger partial charge in [-0.3, -0.25) is 0 Å². The first-order chi connectivity index (χ1) is 18.7. The Balaban J connectivity index is 0. The monoisotopic (exact) mass is 828 g/mol. The summed E-state index contributed by atoms with van der Waals surface area (Å²) in [4.78, 5) is 0. The molecule has 0 N–H and O–H groups in total. The van der Waals surface area contributed by atoms with Crippen molar-refractivity contribution >= 4 is 30.4 Å². The van der Waals surface area contributed by atoms with Gasteiger partial charge in [-0.1, -0.05) is 0 Å². The molecule has 0 bridgehead atoms. The molecule has 0 aromatic rings. The van der Waals surface area contributed by atoms with Gasteiger partial charge in [0.15, 0.2) is 0 Å². The summed E-state index contributed by atoms with van der Waals surface area (Å²) in [5.41, 5.74) is 0. The molecule has 8 heteroatoms. The molecule has 46 heavy (non-hydrogen) atoms. The predicted octanol–water partition coefficient (Wildman–Crippen LogP) is 9.82. The van der Waals surface area contributed by atoms with E-state index in [0.717, 1.165) is 0 Å². The van der Waals surface area contributed by atoms with Gasteiger partial charge in [0.25, 0.3) is 0 Å². The largest absolute Gasteiger partial charge is 1.00 e. The van der Waals surface area contributed by atoms with Crippen molar-refractivity contribution in [2.45, 2.75) is 189 Å². The zero-order chi connectivity index (χ0) is 35.6. The first-order valence-corrected chi connectivity index (χ1v) is 38.6. The molecule has 0 amide bonds. The predicted molar refractivity (Wildman–Crippen MR) is 216 cm³/mol. The molecule has 0 unspecified atom stereocenters. The van der Waals surface area contributed by atoms with Crippen molar-refractivity contribution in [1.29, 1.82) is 0 Å². The van der Waals surface area contributed by atoms with Gasteiger partial charge >= 0.3 is 287 Å². The van der Waals surface area contributed by atoms with Gasteiger partial charge in [-0.15, -0.1) is 0 Å². The Bertz CT molecular complexity index is 1070. The van der Waals surface area contributed by atoms with Gasteiger partial charge in [-0.2, -0.15) is 0 Å². The molecule has 0 saturated carbocycles. The Morgan fingerprint density at radius 1 is 0.457 bits per heavy atom. The maximum Gasteiger partial charge on any atom is -1.00 e. The van der Waals surface area contributed by atoms with Crippen LogP contribution in [-0.4, -0.2) is 36.1 Å². The zero-order valence-corrected chi connectivity index (χ0v) is 43.0. The average molecular weight is 830 g/mol. The minimum atomic E-state index is -2.10. The van der Waals surface area contributed by atoms with E-state index in [-0.39, 0.29) is 39.8 Å². The standard InChI is InChI=1S/2C15H28PSi.8CH3.2ClH.2Cr/c2*1-14(2,3)16(15(4,5)6)17(7,8)13-11-9-10-12-13;;;;;;;;;;;;/h2*9,11H,10H2,1-8H3;8*1H3;2*1H;;/q;;;;;;;;;;;;2*+1/p-2. The summed E-state index contributed by atoms with van der Waals surface area (Å²) < 4.78 is 3.72. The number of hydrogen-bond donors (Lipinski definition) is 0. The fraction of sp³-hybridized carbons (Fsp3) is 0.789. The van der Waals surface area contributed by atoms with Crippen LogP contribution in [0.5, 0.6) is 0 Å². The first-order valence-electron chi connectivity index (χ1n) is 16.8. The summed E-state index contributed by atoms with van der Waals surface area (Å²) in [5.74, 6) is 20.6. The molecule has 2 aliphatic carbocycles. The first kappa shape index (κ1) is 50.0. The van der Waals surface area contributed by atoms with E-state index >= 15 is 0 Å². The van der Waals surface area contributed by atoms with Crippen LogP contribution in [0, 0.1) is 0 Å². The van der Waals surface area contributed by atoms with Crippen LogP contribution < -0.4 is 24.8 Å². The summed E-state index contributed by atoms with van der Waals surface area (Å²) in [6, 6.07) is 0. The Morgan fingerprint density at radius 2 is 0.652 bits per heavy atom. The van der Waals surface area contributed by atoms with E-state index in [1.54, 1.807) is 0 Å². The molecule has 0 aliphatic heterocycles. The summed E-state index contributed by atoms with van der Waals surface area (Å²) in [5, 5.41) is 5.31. The van der Waals surface area contributed by atoms with Crippen molar-refractivity contribution in [3.63, 3.8) is 0 Å². The van der Waals surface area contributed by atoms with Crippen LogP contribution >= 0.6 is 14.9 Å². The molecule has 0 spiro atoms. The van der Waals surface area contributed by atoms with Gasteiger partial charge in [-0.25, -0.2) is 0 Å². The quantitative estimate of drug-likeness (QED) is 0.185. The van der Waals surface area contributed by atoms with Gasteiger partial charge in [-0.05, 0) is 0 Å². The molecular formula is C38H80Cl2Cr2P2Si2. The van der Waals surface area contributed by atoms with Crippen LogP contribution in [0.25, 0.3) is 0 Å². The molecule has 0 heterocycles. The summed E-state index contributed by atoms with van der Waals surface area (Å²) in [6.07, 6.45) is 12.4. The number of rotatable bonds is 6. The van der Waals surface area contributed by atoms with E-state index in [2.05, 4.69) is 180 Å². The van der Waals surface area contributed by atoms with Crippen molar-refractivity contribution in [2.24, 2.45) is 0 Å². The molecule has 2 rings (SSSR count). The summed E-state index contributed by atoms with van der Waals surface area (Å²) in [7, 11) is -3.06. The van der Waals surface area contributed by atoms with Gasteiger partial charge < -0.3 is 24.8 Å². The Hall–Kier alpha value is 1.90. The van der Waals surface area contributed by atoms with Crippen molar-refractivity contribution in [3.8, 4) is 0 Å². The molecule has 0 fully saturated rings. The van der Waals surface area contributed by atoms with E-state index in [0.29, 0.717) is 20.6 Å². The van der Waals surface area contributed by atoms with E-state index in [9.17, 15) is 0 Å². The molecule has 276 valence electrons. The Labute approximate surface area is 309 Å². The summed E-state index contributed by atoms with van der Waals surface area (Å²) in [6.45, 7) is 40.4. The van der Waals surface area contributed by atoms with Crippen molar-refractivity contribution in [3.05, 3.63) is 43.6 Å². The molecule has 0 aromatic carbocycles. The van der Waals surface area contributed by atoms with Crippen LogP contribution in [0.2, 0.25) is 72.5 Å². The fourth-order valence-corrected chi connectivity index (χ4v) is 57.7. The SMILES string of the molecule is CC(C)(C)P(C(C)(C)C)[Si](C)(C)C1=[C]([Cr+]([CH3])([CH3])([CH3])[CH3])CC=C1.CC(C)(C)P(C(C)(C)C)[Si](C)(C)C1=[C]([Cr+]([CH3])([CH3])([CH3])[CH3])CC=C1.[Cl-].[Cl-]. The van der Waals surface area contributed by atoms with Crippen molar-refractivity contribution in [2.75, 3.05) is 0 Å². The van der Waals surface area contributed by atoms with Gasteiger partial charge in [0.2, 0.25) is 0 Å². The average Bonchev–Trinajstić information content (AvgIpc) is 3.32. The van der Waals surface area contributed by atoms with Crippen molar-refractivity contribution < 1.29 is 48.8 Å². The van der Waals surface area contributed by atoms with E-state index in [1.165, 1.54) is 12.8 Å². The second kappa shape index (κ2) is 14.7. The molecule has 0 atom stereocenters. The molecule has 0 radical (unpaired) electrons. The minimum absolute atomic E-state index is 0. The molecule has 0 nitrogen and oxygen atoms in total. The second-order valence-electron chi connectivity index (χ2n) is 21.9. The number of halogens is 2. The summed E-state index contributed by atoms with van der Waals surface area (Å²) >= 11 is -4.20. The molecule has 2 aliphatic rings. The fourth-order valence-electron chi connectivity index (χ4n) is 9.22. The normalized spacial score (nSPS) is 18.9. The van der Waals surface area contributed by atoms with Crippen LogP contribution in [0.15, 0.2) is 43.6 Å². The smallest absolute Gasteiger partial charge is 1.00 e. The van der Waals surface area contributed by atoms with E-state index in [1.807, 2.05) is 19.3 Å². The third-order valence-corrected chi connectivity index (χ3v) is 44.2. The van der Waals surface area contributed by atoms with E-state index < -0.39 is 39.5 Å². The molecule has 0 saturated heterocycles. The number of hydrogen-bond acceptors (Lipinski definition) is 0. The Morgan fingerprint density at radius 3 is 0.804 bits per heavy atom. The van der Waals surface area contributed by atoms with Gasteiger partial charge in [0.05, 0.1) is 0 Å².